The molecule has 0 unspecified atom stereocenters. The lowest BCUT2D eigenvalue weighted by molar-refractivity contribution is -0.139. The summed E-state index contributed by atoms with van der Waals surface area (Å²) in [5, 5.41) is 9.28. The number of ether oxygens (including phenoxy) is 1. The highest BCUT2D eigenvalue weighted by atomic mass is 35.5. The van der Waals surface area contributed by atoms with Gasteiger partial charge in [0.05, 0.1) is 25.2 Å². The summed E-state index contributed by atoms with van der Waals surface area (Å²) >= 11 is 9.92. The monoisotopic (exact) mass is 241 g/mol. The van der Waals surface area contributed by atoms with Gasteiger partial charge in [0.25, 0.3) is 0 Å². The van der Waals surface area contributed by atoms with E-state index in [4.69, 9.17) is 16.9 Å². The zero-order valence-electron chi connectivity index (χ0n) is 7.95. The van der Waals surface area contributed by atoms with E-state index in [0.717, 1.165) is 0 Å². The first-order valence-electron chi connectivity index (χ1n) is 4.06. The molecule has 1 aromatic carbocycles. The minimum atomic E-state index is -0.413. The molecule has 0 spiro atoms. The maximum Gasteiger partial charge on any atom is 0.310 e. The lowest BCUT2D eigenvalue weighted by Gasteiger charge is -2.06. The van der Waals surface area contributed by atoms with Gasteiger partial charge in [-0.1, -0.05) is 11.6 Å². The van der Waals surface area contributed by atoms with Crippen molar-refractivity contribution >= 4 is 30.2 Å². The van der Waals surface area contributed by atoms with Crippen LogP contribution in [0.1, 0.15) is 11.1 Å². The van der Waals surface area contributed by atoms with E-state index in [1.807, 2.05) is 6.07 Å². The van der Waals surface area contributed by atoms with Gasteiger partial charge in [-0.15, -0.1) is 12.6 Å². The number of halogens is 1. The predicted molar refractivity (Wildman–Crippen MR) is 59.1 cm³/mol. The van der Waals surface area contributed by atoms with Crippen molar-refractivity contribution in [1.29, 1.82) is 5.26 Å². The number of carbonyl (C=O) groups excluding carboxylic acids is 1. The van der Waals surface area contributed by atoms with E-state index < -0.39 is 5.97 Å². The second-order valence-corrected chi connectivity index (χ2v) is 3.73. The fourth-order valence-corrected chi connectivity index (χ4v) is 1.76. The van der Waals surface area contributed by atoms with Crippen molar-refractivity contribution in [3.63, 3.8) is 0 Å². The van der Waals surface area contributed by atoms with Crippen molar-refractivity contribution in [3.8, 4) is 6.07 Å². The second-order valence-electron chi connectivity index (χ2n) is 2.82. The van der Waals surface area contributed by atoms with Crippen molar-refractivity contribution in [1.82, 2.24) is 0 Å². The fraction of sp³-hybridized carbons (Fsp3) is 0.200. The minimum Gasteiger partial charge on any atom is -0.469 e. The first kappa shape index (κ1) is 11.9. The van der Waals surface area contributed by atoms with E-state index in [9.17, 15) is 4.79 Å². The van der Waals surface area contributed by atoms with Crippen LogP contribution in [0.2, 0.25) is 5.02 Å². The highest BCUT2D eigenvalue weighted by Crippen LogP contribution is 2.24. The third-order valence-electron chi connectivity index (χ3n) is 1.86. The number of nitriles is 1. The highest BCUT2D eigenvalue weighted by molar-refractivity contribution is 7.80. The lowest BCUT2D eigenvalue weighted by atomic mass is 10.1. The molecule has 1 rings (SSSR count). The Kier molecular flexibility index (Phi) is 4.01. The second kappa shape index (κ2) is 5.06. The van der Waals surface area contributed by atoms with Gasteiger partial charge in [-0.05, 0) is 17.7 Å². The topological polar surface area (TPSA) is 50.1 Å². The van der Waals surface area contributed by atoms with Gasteiger partial charge in [-0.2, -0.15) is 5.26 Å². The van der Waals surface area contributed by atoms with Gasteiger partial charge < -0.3 is 4.74 Å². The Labute approximate surface area is 98.0 Å². The van der Waals surface area contributed by atoms with E-state index >= 15 is 0 Å². The number of hydrogen-bond donors (Lipinski definition) is 1. The van der Waals surface area contributed by atoms with E-state index in [2.05, 4.69) is 17.4 Å². The molecule has 0 aliphatic heterocycles. The van der Waals surface area contributed by atoms with Crippen molar-refractivity contribution < 1.29 is 9.53 Å². The van der Waals surface area contributed by atoms with Gasteiger partial charge in [0.2, 0.25) is 0 Å². The van der Waals surface area contributed by atoms with Crippen LogP contribution >= 0.6 is 24.2 Å². The van der Waals surface area contributed by atoms with Crippen LogP contribution in [0.25, 0.3) is 0 Å². The van der Waals surface area contributed by atoms with Crippen LogP contribution < -0.4 is 0 Å². The van der Waals surface area contributed by atoms with Crippen LogP contribution in [0, 0.1) is 11.3 Å². The fourth-order valence-electron chi connectivity index (χ4n) is 1.12. The number of esters is 1. The normalized spacial score (nSPS) is 9.47. The quantitative estimate of drug-likeness (QED) is 0.638. The Hall–Kier alpha value is -1.18. The first-order valence-corrected chi connectivity index (χ1v) is 4.89. The lowest BCUT2D eigenvalue weighted by Crippen LogP contribution is -2.07. The zero-order chi connectivity index (χ0) is 11.4. The molecule has 15 heavy (non-hydrogen) atoms. The van der Waals surface area contributed by atoms with Crippen LogP contribution in [-0.4, -0.2) is 13.1 Å². The average molecular weight is 242 g/mol. The summed E-state index contributed by atoms with van der Waals surface area (Å²) in [4.78, 5) is 11.6. The Bertz CT molecular complexity index is 440. The number of hydrogen-bond acceptors (Lipinski definition) is 4. The zero-order valence-corrected chi connectivity index (χ0v) is 9.60. The molecule has 0 fully saturated rings. The maximum absolute atomic E-state index is 11.1. The van der Waals surface area contributed by atoms with Crippen LogP contribution in [0.4, 0.5) is 0 Å². The molecule has 3 nitrogen and oxygen atoms in total. The molecule has 0 saturated heterocycles. The van der Waals surface area contributed by atoms with Crippen molar-refractivity contribution in [2.24, 2.45) is 0 Å². The molecule has 5 heteroatoms. The SMILES string of the molecule is COC(=O)Cc1c(S)cc(Cl)cc1C#N. The van der Waals surface area contributed by atoms with E-state index in [-0.39, 0.29) is 6.42 Å². The molecule has 0 radical (unpaired) electrons. The molecular weight excluding hydrogens is 234 g/mol. The van der Waals surface area contributed by atoms with Gasteiger partial charge in [-0.3, -0.25) is 4.79 Å². The van der Waals surface area contributed by atoms with Gasteiger partial charge in [-0.25, -0.2) is 0 Å². The number of benzene rings is 1. The summed E-state index contributed by atoms with van der Waals surface area (Å²) in [6.45, 7) is 0. The van der Waals surface area contributed by atoms with Crippen LogP contribution in [0.3, 0.4) is 0 Å². The average Bonchev–Trinajstić information content (AvgIpc) is 2.21. The smallest absolute Gasteiger partial charge is 0.310 e. The molecule has 0 bridgehead atoms. The summed E-state index contributed by atoms with van der Waals surface area (Å²) in [7, 11) is 1.29. The Morgan fingerprint density at radius 2 is 2.33 bits per heavy atom. The Balaban J connectivity index is 3.17. The molecular formula is C10H8ClNO2S. The minimum absolute atomic E-state index is 0.0232. The summed E-state index contributed by atoms with van der Waals surface area (Å²) in [5.74, 6) is -0.413. The summed E-state index contributed by atoms with van der Waals surface area (Å²) < 4.78 is 4.52. The third-order valence-corrected chi connectivity index (χ3v) is 2.48. The van der Waals surface area contributed by atoms with E-state index in [1.54, 1.807) is 6.07 Å². The maximum atomic E-state index is 11.1. The van der Waals surface area contributed by atoms with E-state index in [0.29, 0.717) is 21.0 Å². The number of nitrogens with zero attached hydrogens (tertiary/aromatic N) is 1. The van der Waals surface area contributed by atoms with Crippen molar-refractivity contribution in [3.05, 3.63) is 28.3 Å². The largest absolute Gasteiger partial charge is 0.469 e. The number of methoxy groups -OCH3 is 1. The molecule has 1 aromatic rings. The van der Waals surface area contributed by atoms with Crippen LogP contribution in [0.5, 0.6) is 0 Å². The number of carbonyl (C=O) groups is 1. The molecule has 78 valence electrons. The first-order chi connectivity index (χ1) is 7.08. The molecule has 0 aromatic heterocycles. The molecule has 0 aliphatic carbocycles. The van der Waals surface area contributed by atoms with Crippen LogP contribution in [-0.2, 0) is 16.0 Å². The van der Waals surface area contributed by atoms with Gasteiger partial charge in [0.1, 0.15) is 0 Å². The number of rotatable bonds is 2. The van der Waals surface area contributed by atoms with E-state index in [1.165, 1.54) is 13.2 Å². The highest BCUT2D eigenvalue weighted by Gasteiger charge is 2.12. The molecule has 0 heterocycles. The van der Waals surface area contributed by atoms with Crippen molar-refractivity contribution in [2.45, 2.75) is 11.3 Å². The molecule has 0 saturated carbocycles. The van der Waals surface area contributed by atoms with Gasteiger partial charge in [0, 0.05) is 9.92 Å². The van der Waals surface area contributed by atoms with Gasteiger partial charge in [0.15, 0.2) is 0 Å². The summed E-state index contributed by atoms with van der Waals surface area (Å²) in [6, 6.07) is 5.05. The Morgan fingerprint density at radius 1 is 1.67 bits per heavy atom. The summed E-state index contributed by atoms with van der Waals surface area (Å²) in [6.07, 6.45) is 0.0232. The standard InChI is InChI=1S/C10H8ClNO2S/c1-14-10(13)4-8-6(5-12)2-7(11)3-9(8)15/h2-3,15H,4H2,1H3. The Morgan fingerprint density at radius 3 is 2.87 bits per heavy atom. The molecule has 0 aliphatic rings. The molecule has 0 atom stereocenters. The third kappa shape index (κ3) is 2.88. The predicted octanol–water partition coefficient (Wildman–Crippen LogP) is 2.22. The van der Waals surface area contributed by atoms with Crippen LogP contribution in [0.15, 0.2) is 17.0 Å². The van der Waals surface area contributed by atoms with Crippen molar-refractivity contribution in [2.75, 3.05) is 7.11 Å². The summed E-state index contributed by atoms with van der Waals surface area (Å²) in [5.41, 5.74) is 0.884. The number of thiol groups is 1. The molecule has 0 N–H and O–H groups in total. The molecule has 0 amide bonds. The van der Waals surface area contributed by atoms with Gasteiger partial charge >= 0.3 is 5.97 Å².